The SMILES string of the molecule is COc1c(C#N)cnc2ccc(C(F)(F)F)cc12. The topological polar surface area (TPSA) is 45.9 Å². The molecule has 0 saturated carbocycles. The van der Waals surface area contributed by atoms with Gasteiger partial charge >= 0.3 is 6.18 Å². The van der Waals surface area contributed by atoms with E-state index >= 15 is 0 Å². The summed E-state index contributed by atoms with van der Waals surface area (Å²) < 4.78 is 42.8. The van der Waals surface area contributed by atoms with Gasteiger partial charge < -0.3 is 4.74 Å². The Morgan fingerprint density at radius 2 is 2.06 bits per heavy atom. The molecule has 0 fully saturated rings. The van der Waals surface area contributed by atoms with Crippen LogP contribution in [0.3, 0.4) is 0 Å². The summed E-state index contributed by atoms with van der Waals surface area (Å²) in [5.74, 6) is 0.105. The molecule has 18 heavy (non-hydrogen) atoms. The van der Waals surface area contributed by atoms with Gasteiger partial charge in [-0.25, -0.2) is 0 Å². The van der Waals surface area contributed by atoms with E-state index in [1.807, 2.05) is 6.07 Å². The molecule has 1 aromatic carbocycles. The van der Waals surface area contributed by atoms with Crippen LogP contribution >= 0.6 is 0 Å². The number of hydrogen-bond donors (Lipinski definition) is 0. The van der Waals surface area contributed by atoms with Gasteiger partial charge in [-0.1, -0.05) is 0 Å². The molecule has 0 aliphatic rings. The summed E-state index contributed by atoms with van der Waals surface area (Å²) in [6.07, 6.45) is -3.17. The third-order valence-electron chi connectivity index (χ3n) is 2.47. The second-order valence-electron chi connectivity index (χ2n) is 3.55. The van der Waals surface area contributed by atoms with Crippen LogP contribution in [-0.4, -0.2) is 12.1 Å². The summed E-state index contributed by atoms with van der Waals surface area (Å²) in [5, 5.41) is 9.02. The van der Waals surface area contributed by atoms with Gasteiger partial charge in [0.25, 0.3) is 0 Å². The van der Waals surface area contributed by atoms with E-state index in [0.29, 0.717) is 5.52 Å². The van der Waals surface area contributed by atoms with E-state index in [-0.39, 0.29) is 16.7 Å². The number of hydrogen-bond acceptors (Lipinski definition) is 3. The minimum atomic E-state index is -4.44. The highest BCUT2D eigenvalue weighted by atomic mass is 19.4. The number of rotatable bonds is 1. The average molecular weight is 252 g/mol. The maximum absolute atomic E-state index is 12.6. The molecule has 2 rings (SSSR count). The molecule has 92 valence electrons. The van der Waals surface area contributed by atoms with Crippen LogP contribution in [0.4, 0.5) is 13.2 Å². The van der Waals surface area contributed by atoms with E-state index in [1.54, 1.807) is 0 Å². The lowest BCUT2D eigenvalue weighted by Crippen LogP contribution is -2.05. The maximum Gasteiger partial charge on any atom is 0.416 e. The van der Waals surface area contributed by atoms with Gasteiger partial charge in [-0.15, -0.1) is 0 Å². The average Bonchev–Trinajstić information content (AvgIpc) is 2.35. The second-order valence-corrected chi connectivity index (χ2v) is 3.55. The number of pyridine rings is 1. The van der Waals surface area contributed by atoms with Crippen LogP contribution in [0.1, 0.15) is 11.1 Å². The predicted molar refractivity (Wildman–Crippen MR) is 58.0 cm³/mol. The predicted octanol–water partition coefficient (Wildman–Crippen LogP) is 3.13. The lowest BCUT2D eigenvalue weighted by Gasteiger charge is -2.10. The Bertz CT molecular complexity index is 644. The molecule has 0 saturated heterocycles. The number of alkyl halides is 3. The van der Waals surface area contributed by atoms with Crippen LogP contribution < -0.4 is 4.74 Å². The van der Waals surface area contributed by atoms with E-state index in [0.717, 1.165) is 12.1 Å². The molecule has 1 aromatic heterocycles. The van der Waals surface area contributed by atoms with Crippen molar-refractivity contribution in [2.24, 2.45) is 0 Å². The van der Waals surface area contributed by atoms with E-state index in [9.17, 15) is 13.2 Å². The van der Waals surface area contributed by atoms with Crippen molar-refractivity contribution in [1.29, 1.82) is 5.26 Å². The van der Waals surface area contributed by atoms with Gasteiger partial charge in [0.2, 0.25) is 0 Å². The molecule has 1 heterocycles. The van der Waals surface area contributed by atoms with Crippen molar-refractivity contribution >= 4 is 10.9 Å². The summed E-state index contributed by atoms with van der Waals surface area (Å²) >= 11 is 0. The Morgan fingerprint density at radius 3 is 2.61 bits per heavy atom. The van der Waals surface area contributed by atoms with Gasteiger partial charge in [-0.2, -0.15) is 18.4 Å². The van der Waals surface area contributed by atoms with E-state index < -0.39 is 11.7 Å². The van der Waals surface area contributed by atoms with Crippen molar-refractivity contribution < 1.29 is 17.9 Å². The third-order valence-corrected chi connectivity index (χ3v) is 2.47. The highest BCUT2D eigenvalue weighted by Crippen LogP contribution is 2.34. The fourth-order valence-corrected chi connectivity index (χ4v) is 1.64. The molecule has 0 unspecified atom stereocenters. The van der Waals surface area contributed by atoms with E-state index in [2.05, 4.69) is 4.98 Å². The number of fused-ring (bicyclic) bond motifs is 1. The fraction of sp³-hybridized carbons (Fsp3) is 0.167. The minimum Gasteiger partial charge on any atom is -0.495 e. The zero-order valence-corrected chi connectivity index (χ0v) is 9.25. The van der Waals surface area contributed by atoms with Crippen LogP contribution in [0.5, 0.6) is 5.75 Å². The lowest BCUT2D eigenvalue weighted by molar-refractivity contribution is -0.137. The van der Waals surface area contributed by atoms with E-state index in [1.165, 1.54) is 19.4 Å². The summed E-state index contributed by atoms with van der Waals surface area (Å²) in [6.45, 7) is 0. The van der Waals surface area contributed by atoms with Crippen LogP contribution in [0, 0.1) is 11.3 Å². The molecule has 0 bridgehead atoms. The van der Waals surface area contributed by atoms with Gasteiger partial charge in [0.15, 0.2) is 0 Å². The summed E-state index contributed by atoms with van der Waals surface area (Å²) in [7, 11) is 1.30. The molecule has 6 heteroatoms. The van der Waals surface area contributed by atoms with Crippen molar-refractivity contribution in [1.82, 2.24) is 4.98 Å². The number of aromatic nitrogens is 1. The molecule has 0 aliphatic heterocycles. The standard InChI is InChI=1S/C12H7F3N2O/c1-18-11-7(5-16)6-17-10-3-2-8(4-9(10)11)12(13,14)15/h2-4,6H,1H3. The monoisotopic (exact) mass is 252 g/mol. The first kappa shape index (κ1) is 12.2. The summed E-state index contributed by atoms with van der Waals surface area (Å²) in [5.41, 5.74) is -0.353. The van der Waals surface area contributed by atoms with Gasteiger partial charge in [0, 0.05) is 11.6 Å². The summed E-state index contributed by atoms with van der Waals surface area (Å²) in [6, 6.07) is 4.96. The van der Waals surface area contributed by atoms with Crippen molar-refractivity contribution in [3.8, 4) is 11.8 Å². The smallest absolute Gasteiger partial charge is 0.416 e. The molecule has 0 atom stereocenters. The first-order valence-corrected chi connectivity index (χ1v) is 4.91. The maximum atomic E-state index is 12.6. The Morgan fingerprint density at radius 1 is 1.33 bits per heavy atom. The van der Waals surface area contributed by atoms with E-state index in [4.69, 9.17) is 10.00 Å². The number of benzene rings is 1. The van der Waals surface area contributed by atoms with Crippen LogP contribution in [0.15, 0.2) is 24.4 Å². The molecule has 0 N–H and O–H groups in total. The highest BCUT2D eigenvalue weighted by Gasteiger charge is 2.31. The first-order chi connectivity index (χ1) is 8.47. The molecule has 0 spiro atoms. The van der Waals surface area contributed by atoms with Gasteiger partial charge in [-0.05, 0) is 18.2 Å². The lowest BCUT2D eigenvalue weighted by atomic mass is 10.1. The van der Waals surface area contributed by atoms with Gasteiger partial charge in [0.1, 0.15) is 17.4 Å². The quantitative estimate of drug-likeness (QED) is 0.783. The molecule has 0 aliphatic carbocycles. The first-order valence-electron chi connectivity index (χ1n) is 4.91. The van der Waals surface area contributed by atoms with Crippen molar-refractivity contribution in [3.63, 3.8) is 0 Å². The van der Waals surface area contributed by atoms with Crippen molar-refractivity contribution in [2.45, 2.75) is 6.18 Å². The third kappa shape index (κ3) is 1.95. The minimum absolute atomic E-state index is 0.101. The normalized spacial score (nSPS) is 11.3. The van der Waals surface area contributed by atoms with Crippen molar-refractivity contribution in [3.05, 3.63) is 35.5 Å². The van der Waals surface area contributed by atoms with Gasteiger partial charge in [0.05, 0.1) is 18.2 Å². The molecule has 0 amide bonds. The second kappa shape index (κ2) is 4.18. The van der Waals surface area contributed by atoms with Gasteiger partial charge in [-0.3, -0.25) is 4.98 Å². The van der Waals surface area contributed by atoms with Crippen LogP contribution in [0.25, 0.3) is 10.9 Å². The number of methoxy groups -OCH3 is 1. The number of nitriles is 1. The Hall–Kier alpha value is -2.29. The zero-order valence-electron chi connectivity index (χ0n) is 9.25. The molecular formula is C12H7F3N2O. The molecule has 0 radical (unpaired) electrons. The zero-order chi connectivity index (χ0) is 13.3. The Balaban J connectivity index is 2.78. The Kier molecular flexibility index (Phi) is 2.83. The molecule has 2 aromatic rings. The van der Waals surface area contributed by atoms with Crippen LogP contribution in [0.2, 0.25) is 0 Å². The Labute approximate surface area is 100 Å². The fourth-order valence-electron chi connectivity index (χ4n) is 1.64. The number of nitrogens with zero attached hydrogens (tertiary/aromatic N) is 2. The van der Waals surface area contributed by atoms with Crippen molar-refractivity contribution in [2.75, 3.05) is 7.11 Å². The number of ether oxygens (including phenoxy) is 1. The highest BCUT2D eigenvalue weighted by molar-refractivity contribution is 5.87. The molecular weight excluding hydrogens is 245 g/mol. The van der Waals surface area contributed by atoms with Crippen LogP contribution in [-0.2, 0) is 6.18 Å². The largest absolute Gasteiger partial charge is 0.495 e. The molecule has 3 nitrogen and oxygen atoms in total. The number of halogens is 3. The summed E-state index contributed by atoms with van der Waals surface area (Å²) in [4.78, 5) is 3.91.